The van der Waals surface area contributed by atoms with Gasteiger partial charge in [0.1, 0.15) is 17.3 Å². The molecule has 6 nitrogen and oxygen atoms in total. The molecule has 0 saturated carbocycles. The van der Waals surface area contributed by atoms with Crippen LogP contribution in [0, 0.1) is 12.7 Å². The van der Waals surface area contributed by atoms with Crippen molar-refractivity contribution in [2.24, 2.45) is 0 Å². The van der Waals surface area contributed by atoms with E-state index in [1.807, 2.05) is 0 Å². The molecule has 152 valence electrons. The highest BCUT2D eigenvalue weighted by Gasteiger charge is 2.15. The second kappa shape index (κ2) is 8.87. The summed E-state index contributed by atoms with van der Waals surface area (Å²) in [6, 6.07) is 9.75. The van der Waals surface area contributed by atoms with E-state index < -0.39 is 18.3 Å². The summed E-state index contributed by atoms with van der Waals surface area (Å²) in [4.78, 5) is 12.4. The molecule has 3 rings (SSSR count). The maximum atomic E-state index is 13.2. The molecule has 0 saturated heterocycles. The Morgan fingerprint density at radius 3 is 2.76 bits per heavy atom. The maximum Gasteiger partial charge on any atom is 0.387 e. The summed E-state index contributed by atoms with van der Waals surface area (Å²) in [5.41, 5.74) is 0.885. The molecule has 1 N–H and O–H groups in total. The van der Waals surface area contributed by atoms with Crippen molar-refractivity contribution in [3.05, 3.63) is 70.8 Å². The van der Waals surface area contributed by atoms with Crippen molar-refractivity contribution < 1.29 is 27.4 Å². The molecule has 29 heavy (non-hydrogen) atoms. The minimum absolute atomic E-state index is 0.0373. The van der Waals surface area contributed by atoms with E-state index in [0.717, 1.165) is 5.56 Å². The van der Waals surface area contributed by atoms with Gasteiger partial charge in [0, 0.05) is 12.3 Å². The van der Waals surface area contributed by atoms with Crippen molar-refractivity contribution in [2.45, 2.75) is 20.3 Å². The van der Waals surface area contributed by atoms with Crippen LogP contribution in [0.4, 0.5) is 18.9 Å². The lowest BCUT2D eigenvalue weighted by Crippen LogP contribution is -2.15. The van der Waals surface area contributed by atoms with Crippen molar-refractivity contribution in [2.75, 3.05) is 5.32 Å². The number of hydrogen-bond acceptors (Lipinski definition) is 4. The zero-order chi connectivity index (χ0) is 21.0. The summed E-state index contributed by atoms with van der Waals surface area (Å²) in [5.74, 6) is -1.01. The van der Waals surface area contributed by atoms with E-state index in [1.54, 1.807) is 13.0 Å². The van der Waals surface area contributed by atoms with E-state index >= 15 is 0 Å². The van der Waals surface area contributed by atoms with Crippen LogP contribution in [-0.2, 0) is 6.73 Å². The molecule has 0 aliphatic heterocycles. The normalized spacial score (nSPS) is 10.8. The number of ether oxygens (including phenoxy) is 2. The van der Waals surface area contributed by atoms with Crippen LogP contribution in [0.15, 0.2) is 48.7 Å². The van der Waals surface area contributed by atoms with Crippen molar-refractivity contribution in [1.29, 1.82) is 0 Å². The lowest BCUT2D eigenvalue weighted by Gasteiger charge is -2.12. The van der Waals surface area contributed by atoms with E-state index in [-0.39, 0.29) is 28.9 Å². The number of hydrogen-bond donors (Lipinski definition) is 1. The Bertz CT molecular complexity index is 1030. The van der Waals surface area contributed by atoms with Gasteiger partial charge >= 0.3 is 6.61 Å². The molecule has 3 aromatic rings. The Morgan fingerprint density at radius 1 is 1.24 bits per heavy atom. The number of carbonyl (C=O) groups is 1. The molecule has 0 atom stereocenters. The second-order valence-electron chi connectivity index (χ2n) is 5.92. The topological polar surface area (TPSA) is 65.4 Å². The number of amides is 1. The van der Waals surface area contributed by atoms with Gasteiger partial charge in [-0.1, -0.05) is 17.7 Å². The van der Waals surface area contributed by atoms with Crippen LogP contribution in [0.2, 0.25) is 5.02 Å². The molecule has 0 unspecified atom stereocenters. The molecule has 0 spiro atoms. The number of nitrogens with one attached hydrogen (secondary N) is 1. The molecular weight excluding hydrogens is 411 g/mol. The Kier molecular flexibility index (Phi) is 6.28. The number of benzene rings is 2. The Balaban J connectivity index is 1.66. The molecule has 1 amide bonds. The number of anilines is 1. The highest BCUT2D eigenvalue weighted by atomic mass is 35.5. The SMILES string of the molecule is Cc1ccc(OC(F)F)c(NC(=O)c2ccn(COc3ccc(F)c(Cl)c3)n2)c1. The van der Waals surface area contributed by atoms with Gasteiger partial charge in [-0.25, -0.2) is 9.07 Å². The zero-order valence-electron chi connectivity index (χ0n) is 15.0. The molecule has 0 aliphatic rings. The van der Waals surface area contributed by atoms with Crippen LogP contribution in [0.1, 0.15) is 16.1 Å². The number of alkyl halides is 2. The van der Waals surface area contributed by atoms with Gasteiger partial charge in [-0.3, -0.25) is 4.79 Å². The summed E-state index contributed by atoms with van der Waals surface area (Å²) in [5, 5.41) is 6.48. The summed E-state index contributed by atoms with van der Waals surface area (Å²) < 4.78 is 49.4. The van der Waals surface area contributed by atoms with Crippen LogP contribution in [0.3, 0.4) is 0 Å². The van der Waals surface area contributed by atoms with Crippen molar-refractivity contribution >= 4 is 23.2 Å². The fourth-order valence-electron chi connectivity index (χ4n) is 2.39. The van der Waals surface area contributed by atoms with Crippen molar-refractivity contribution in [3.63, 3.8) is 0 Å². The highest BCUT2D eigenvalue weighted by Crippen LogP contribution is 2.27. The van der Waals surface area contributed by atoms with Crippen LogP contribution >= 0.6 is 11.6 Å². The van der Waals surface area contributed by atoms with Gasteiger partial charge in [0.2, 0.25) is 0 Å². The van der Waals surface area contributed by atoms with Crippen LogP contribution in [-0.4, -0.2) is 22.3 Å². The first-order valence-corrected chi connectivity index (χ1v) is 8.68. The first-order chi connectivity index (χ1) is 13.8. The van der Waals surface area contributed by atoms with Gasteiger partial charge in [-0.2, -0.15) is 13.9 Å². The Labute approximate surface area is 168 Å². The highest BCUT2D eigenvalue weighted by molar-refractivity contribution is 6.30. The van der Waals surface area contributed by atoms with Gasteiger partial charge in [-0.05, 0) is 42.8 Å². The Hall–Kier alpha value is -3.20. The number of nitrogens with zero attached hydrogens (tertiary/aromatic N) is 2. The molecule has 0 aliphatic carbocycles. The smallest absolute Gasteiger partial charge is 0.387 e. The van der Waals surface area contributed by atoms with Crippen molar-refractivity contribution in [1.82, 2.24) is 9.78 Å². The third kappa shape index (κ3) is 5.41. The van der Waals surface area contributed by atoms with Crippen LogP contribution in [0.5, 0.6) is 11.5 Å². The van der Waals surface area contributed by atoms with Crippen LogP contribution in [0.25, 0.3) is 0 Å². The first-order valence-electron chi connectivity index (χ1n) is 8.30. The number of carbonyl (C=O) groups excluding carboxylic acids is 1. The molecule has 2 aromatic carbocycles. The minimum atomic E-state index is -3.02. The number of rotatable bonds is 7. The van der Waals surface area contributed by atoms with Crippen LogP contribution < -0.4 is 14.8 Å². The van der Waals surface area contributed by atoms with Gasteiger partial charge in [0.05, 0.1) is 10.7 Å². The number of aryl methyl sites for hydroxylation is 1. The third-order valence-electron chi connectivity index (χ3n) is 3.73. The van der Waals surface area contributed by atoms with E-state index in [9.17, 15) is 18.0 Å². The fraction of sp³-hybridized carbons (Fsp3) is 0.158. The molecule has 0 fully saturated rings. The standard InChI is InChI=1S/C19H15ClF3N3O3/c1-11-2-5-17(29-19(22)23)16(8-11)24-18(27)15-6-7-26(25-15)10-28-12-3-4-14(21)13(20)9-12/h2-9,19H,10H2,1H3,(H,24,27). The molecule has 0 radical (unpaired) electrons. The lowest BCUT2D eigenvalue weighted by atomic mass is 10.2. The van der Waals surface area contributed by atoms with E-state index in [1.165, 1.54) is 47.3 Å². The zero-order valence-corrected chi connectivity index (χ0v) is 15.8. The predicted octanol–water partition coefficient (Wildman–Crippen LogP) is 4.87. The van der Waals surface area contributed by atoms with E-state index in [2.05, 4.69) is 15.2 Å². The van der Waals surface area contributed by atoms with Gasteiger partial charge < -0.3 is 14.8 Å². The monoisotopic (exact) mass is 425 g/mol. The fourth-order valence-corrected chi connectivity index (χ4v) is 2.56. The third-order valence-corrected chi connectivity index (χ3v) is 4.02. The molecular formula is C19H15ClF3N3O3. The van der Waals surface area contributed by atoms with E-state index in [0.29, 0.717) is 5.75 Å². The molecule has 10 heteroatoms. The molecule has 0 bridgehead atoms. The number of halogens is 4. The summed E-state index contributed by atoms with van der Waals surface area (Å²) in [6.45, 7) is -1.33. The second-order valence-corrected chi connectivity index (χ2v) is 6.33. The summed E-state index contributed by atoms with van der Waals surface area (Å²) in [6.07, 6.45) is 1.49. The molecule has 1 heterocycles. The lowest BCUT2D eigenvalue weighted by molar-refractivity contribution is -0.0493. The first kappa shape index (κ1) is 20.5. The van der Waals surface area contributed by atoms with E-state index in [4.69, 9.17) is 16.3 Å². The average molecular weight is 426 g/mol. The minimum Gasteiger partial charge on any atom is -0.471 e. The number of aromatic nitrogens is 2. The largest absolute Gasteiger partial charge is 0.471 e. The predicted molar refractivity (Wildman–Crippen MR) is 100 cm³/mol. The average Bonchev–Trinajstić information content (AvgIpc) is 3.14. The van der Waals surface area contributed by atoms with Gasteiger partial charge in [-0.15, -0.1) is 0 Å². The molecule has 1 aromatic heterocycles. The maximum absolute atomic E-state index is 13.2. The van der Waals surface area contributed by atoms with Gasteiger partial charge in [0.25, 0.3) is 5.91 Å². The Morgan fingerprint density at radius 2 is 2.03 bits per heavy atom. The van der Waals surface area contributed by atoms with Crippen molar-refractivity contribution in [3.8, 4) is 11.5 Å². The quantitative estimate of drug-likeness (QED) is 0.586. The van der Waals surface area contributed by atoms with Gasteiger partial charge in [0.15, 0.2) is 12.4 Å². The summed E-state index contributed by atoms with van der Waals surface area (Å²) in [7, 11) is 0. The summed E-state index contributed by atoms with van der Waals surface area (Å²) >= 11 is 5.69.